The van der Waals surface area contributed by atoms with Crippen LogP contribution in [-0.4, -0.2) is 33.8 Å². The molecular weight excluding hydrogens is 286 g/mol. The molecule has 7 nitrogen and oxygen atoms in total. The number of amides is 3. The van der Waals surface area contributed by atoms with Crippen LogP contribution in [0.2, 0.25) is 0 Å². The maximum absolute atomic E-state index is 12.5. The minimum Gasteiger partial charge on any atom is -0.392 e. The predicted octanol–water partition coefficient (Wildman–Crippen LogP) is -0.188. The Labute approximate surface area is 126 Å². The third kappa shape index (κ3) is 2.14. The number of benzene rings is 1. The molecule has 1 saturated heterocycles. The number of nitriles is 1. The highest BCUT2D eigenvalue weighted by Gasteiger charge is 2.40. The first-order valence-corrected chi connectivity index (χ1v) is 6.86. The summed E-state index contributed by atoms with van der Waals surface area (Å²) in [6, 6.07) is 4.40. The van der Waals surface area contributed by atoms with Gasteiger partial charge in [0.2, 0.25) is 11.8 Å². The fourth-order valence-corrected chi connectivity index (χ4v) is 2.91. The fraction of sp³-hybridized carbons (Fsp3) is 0.333. The van der Waals surface area contributed by atoms with Crippen molar-refractivity contribution in [3.05, 3.63) is 34.4 Å². The standard InChI is InChI=1S/C15H13N3O4/c16-5-9-3-8(7-19)4-10-11(9)6-18(15(10)22)12-1-2-13(20)17-14(12)21/h3-4,12,19H,1-2,6-7H2,(H,17,20,21). The van der Waals surface area contributed by atoms with Crippen molar-refractivity contribution in [2.24, 2.45) is 0 Å². The zero-order chi connectivity index (χ0) is 15.9. The van der Waals surface area contributed by atoms with Crippen LogP contribution in [0.1, 0.15) is 39.9 Å². The van der Waals surface area contributed by atoms with Crippen molar-refractivity contribution in [2.75, 3.05) is 0 Å². The van der Waals surface area contributed by atoms with E-state index in [1.807, 2.05) is 6.07 Å². The van der Waals surface area contributed by atoms with Crippen LogP contribution in [0.25, 0.3) is 0 Å². The van der Waals surface area contributed by atoms with Crippen molar-refractivity contribution >= 4 is 17.7 Å². The summed E-state index contributed by atoms with van der Waals surface area (Å²) in [6.45, 7) is -0.108. The molecule has 2 aliphatic rings. The van der Waals surface area contributed by atoms with Crippen LogP contribution < -0.4 is 5.32 Å². The Bertz CT molecular complexity index is 735. The van der Waals surface area contributed by atoms with Crippen molar-refractivity contribution in [1.29, 1.82) is 5.26 Å². The number of piperidine rings is 1. The first-order chi connectivity index (χ1) is 10.5. The number of aliphatic hydroxyl groups is 1. The highest BCUT2D eigenvalue weighted by Crippen LogP contribution is 2.30. The second-order valence-electron chi connectivity index (χ2n) is 5.34. The summed E-state index contributed by atoms with van der Waals surface area (Å²) in [7, 11) is 0. The van der Waals surface area contributed by atoms with Gasteiger partial charge < -0.3 is 10.0 Å². The van der Waals surface area contributed by atoms with Gasteiger partial charge in [0.05, 0.1) is 18.2 Å². The number of carbonyl (C=O) groups excluding carboxylic acids is 3. The van der Waals surface area contributed by atoms with E-state index in [4.69, 9.17) is 0 Å². The second-order valence-corrected chi connectivity index (χ2v) is 5.34. The van der Waals surface area contributed by atoms with Crippen molar-refractivity contribution in [3.63, 3.8) is 0 Å². The van der Waals surface area contributed by atoms with Crippen LogP contribution >= 0.6 is 0 Å². The summed E-state index contributed by atoms with van der Waals surface area (Å²) in [5, 5.41) is 20.7. The number of fused-ring (bicyclic) bond motifs is 1. The minimum atomic E-state index is -0.707. The van der Waals surface area contributed by atoms with Gasteiger partial charge >= 0.3 is 0 Å². The number of rotatable bonds is 2. The van der Waals surface area contributed by atoms with Gasteiger partial charge in [-0.3, -0.25) is 19.7 Å². The molecule has 1 aromatic carbocycles. The molecule has 3 rings (SSSR count). The lowest BCUT2D eigenvalue weighted by Gasteiger charge is -2.29. The minimum absolute atomic E-state index is 0.162. The molecule has 0 radical (unpaired) electrons. The van der Waals surface area contributed by atoms with Crippen molar-refractivity contribution in [2.45, 2.75) is 32.0 Å². The molecule has 0 bridgehead atoms. The third-order valence-corrected chi connectivity index (χ3v) is 4.02. The molecule has 2 aliphatic heterocycles. The summed E-state index contributed by atoms with van der Waals surface area (Å²) in [6.07, 6.45) is 0.461. The zero-order valence-electron chi connectivity index (χ0n) is 11.6. The number of aliphatic hydroxyl groups excluding tert-OH is 1. The van der Waals surface area contributed by atoms with Gasteiger partial charge in [0.15, 0.2) is 0 Å². The highest BCUT2D eigenvalue weighted by molar-refractivity contribution is 6.05. The Kier molecular flexibility index (Phi) is 3.39. The lowest BCUT2D eigenvalue weighted by atomic mass is 10.0. The van der Waals surface area contributed by atoms with E-state index in [2.05, 4.69) is 5.32 Å². The Morgan fingerprint density at radius 2 is 2.14 bits per heavy atom. The Morgan fingerprint density at radius 3 is 2.77 bits per heavy atom. The number of hydrogen-bond donors (Lipinski definition) is 2. The molecule has 0 spiro atoms. The van der Waals surface area contributed by atoms with E-state index in [1.165, 1.54) is 4.90 Å². The topological polar surface area (TPSA) is 110 Å². The molecule has 1 aromatic rings. The van der Waals surface area contributed by atoms with Crippen LogP contribution in [0.5, 0.6) is 0 Å². The van der Waals surface area contributed by atoms with E-state index in [0.717, 1.165) is 0 Å². The molecule has 2 N–H and O–H groups in total. The summed E-state index contributed by atoms with van der Waals surface area (Å²) >= 11 is 0. The molecule has 112 valence electrons. The molecule has 22 heavy (non-hydrogen) atoms. The van der Waals surface area contributed by atoms with Crippen molar-refractivity contribution in [1.82, 2.24) is 10.2 Å². The van der Waals surface area contributed by atoms with Gasteiger partial charge in [0.1, 0.15) is 6.04 Å². The molecule has 1 fully saturated rings. The van der Waals surface area contributed by atoms with E-state index in [9.17, 15) is 24.8 Å². The summed E-state index contributed by atoms with van der Waals surface area (Å²) in [4.78, 5) is 37.1. The van der Waals surface area contributed by atoms with E-state index in [-0.39, 0.29) is 37.8 Å². The van der Waals surface area contributed by atoms with Crippen LogP contribution in [0.3, 0.4) is 0 Å². The SMILES string of the molecule is N#Cc1cc(CO)cc2c1CN(C1CCC(=O)NC1=O)C2=O. The average molecular weight is 299 g/mol. The van der Waals surface area contributed by atoms with Crippen LogP contribution in [0.4, 0.5) is 0 Å². The van der Waals surface area contributed by atoms with Gasteiger partial charge in [-0.1, -0.05) is 0 Å². The largest absolute Gasteiger partial charge is 0.392 e. The molecule has 3 amide bonds. The zero-order valence-corrected chi connectivity index (χ0v) is 11.6. The number of imide groups is 1. The smallest absolute Gasteiger partial charge is 0.255 e. The van der Waals surface area contributed by atoms with Crippen molar-refractivity contribution in [3.8, 4) is 6.07 Å². The van der Waals surface area contributed by atoms with Crippen LogP contribution in [-0.2, 0) is 22.7 Å². The van der Waals surface area contributed by atoms with Crippen LogP contribution in [0.15, 0.2) is 12.1 Å². The Balaban J connectivity index is 1.96. The van der Waals surface area contributed by atoms with Gasteiger partial charge in [-0.2, -0.15) is 5.26 Å². The summed E-state index contributed by atoms with van der Waals surface area (Å²) in [5.74, 6) is -1.18. The van der Waals surface area contributed by atoms with Crippen LogP contribution in [0, 0.1) is 11.3 Å². The lowest BCUT2D eigenvalue weighted by molar-refractivity contribution is -0.136. The highest BCUT2D eigenvalue weighted by atomic mass is 16.3. The average Bonchev–Trinajstić information content (AvgIpc) is 2.83. The summed E-state index contributed by atoms with van der Waals surface area (Å²) < 4.78 is 0. The lowest BCUT2D eigenvalue weighted by Crippen LogP contribution is -2.52. The number of nitrogens with one attached hydrogen (secondary N) is 1. The van der Waals surface area contributed by atoms with Gasteiger partial charge in [-0.15, -0.1) is 0 Å². The van der Waals surface area contributed by atoms with Crippen molar-refractivity contribution < 1.29 is 19.5 Å². The summed E-state index contributed by atoms with van der Waals surface area (Å²) in [5.41, 5.74) is 1.71. The Hall–Kier alpha value is -2.72. The number of nitrogens with zero attached hydrogens (tertiary/aromatic N) is 2. The molecule has 2 heterocycles. The van der Waals surface area contributed by atoms with E-state index < -0.39 is 11.9 Å². The second kappa shape index (κ2) is 5.24. The Morgan fingerprint density at radius 1 is 1.36 bits per heavy atom. The van der Waals surface area contributed by atoms with Gasteiger partial charge in [0, 0.05) is 24.1 Å². The quantitative estimate of drug-likeness (QED) is 0.735. The first-order valence-electron chi connectivity index (χ1n) is 6.86. The number of hydrogen-bond acceptors (Lipinski definition) is 5. The van der Waals surface area contributed by atoms with E-state index in [0.29, 0.717) is 22.3 Å². The molecule has 1 unspecified atom stereocenters. The fourth-order valence-electron chi connectivity index (χ4n) is 2.91. The van der Waals surface area contributed by atoms with E-state index >= 15 is 0 Å². The van der Waals surface area contributed by atoms with E-state index in [1.54, 1.807) is 12.1 Å². The first kappa shape index (κ1) is 14.2. The predicted molar refractivity (Wildman–Crippen MR) is 73.1 cm³/mol. The maximum Gasteiger partial charge on any atom is 0.255 e. The normalized spacial score (nSPS) is 20.6. The van der Waals surface area contributed by atoms with Gasteiger partial charge in [0.25, 0.3) is 5.91 Å². The third-order valence-electron chi connectivity index (χ3n) is 4.02. The maximum atomic E-state index is 12.5. The van der Waals surface area contributed by atoms with Gasteiger partial charge in [-0.25, -0.2) is 0 Å². The molecule has 1 atom stereocenters. The molecule has 0 saturated carbocycles. The molecule has 0 aromatic heterocycles. The van der Waals surface area contributed by atoms with Gasteiger partial charge in [-0.05, 0) is 24.1 Å². The molecule has 7 heteroatoms. The molecule has 0 aliphatic carbocycles. The number of carbonyl (C=O) groups is 3. The monoisotopic (exact) mass is 299 g/mol. The molecular formula is C15H13N3O4.